The first-order valence-corrected chi connectivity index (χ1v) is 6.81. The number of hydrogen-bond donors (Lipinski definition) is 3. The van der Waals surface area contributed by atoms with Crippen molar-refractivity contribution in [2.24, 2.45) is 11.1 Å². The van der Waals surface area contributed by atoms with Crippen molar-refractivity contribution < 1.29 is 14.7 Å². The molecule has 0 aliphatic heterocycles. The van der Waals surface area contributed by atoms with Crippen LogP contribution in [-0.2, 0) is 4.79 Å². The lowest BCUT2D eigenvalue weighted by Crippen LogP contribution is -2.44. The van der Waals surface area contributed by atoms with Gasteiger partial charge in [-0.2, -0.15) is 0 Å². The molecule has 0 heterocycles. The second-order valence-corrected chi connectivity index (χ2v) is 5.84. The molecule has 1 saturated carbocycles. The number of amides is 1. The zero-order valence-electron chi connectivity index (χ0n) is 11.1. The number of carbonyl (C=O) groups excluding carboxylic acids is 1. The van der Waals surface area contributed by atoms with Crippen LogP contribution in [0.2, 0.25) is 5.02 Å². The number of nitrogens with one attached hydrogen (secondary N) is 1. The van der Waals surface area contributed by atoms with Crippen molar-refractivity contribution in [3.63, 3.8) is 0 Å². The molecule has 5 nitrogen and oxygen atoms in total. The highest BCUT2D eigenvalue weighted by Gasteiger charge is 2.42. The first-order valence-electron chi connectivity index (χ1n) is 6.44. The van der Waals surface area contributed by atoms with E-state index in [1.807, 2.05) is 6.92 Å². The SMILES string of the molecule is CC1(C(=O)Nc2cc(Cl)cc(C(=O)O)c2)CCCC1N. The third-order valence-electron chi connectivity index (χ3n) is 3.95. The fourth-order valence-electron chi connectivity index (χ4n) is 2.53. The molecule has 0 saturated heterocycles. The standard InChI is InChI=1S/C14H17ClN2O3/c1-14(4-2-3-11(14)16)13(20)17-10-6-8(12(18)19)5-9(15)7-10/h5-7,11H,2-4,16H2,1H3,(H,17,20)(H,18,19). The van der Waals surface area contributed by atoms with Gasteiger partial charge in [0.2, 0.25) is 5.91 Å². The molecular formula is C14H17ClN2O3. The average Bonchev–Trinajstić information content (AvgIpc) is 2.70. The van der Waals surface area contributed by atoms with Crippen LogP contribution < -0.4 is 11.1 Å². The lowest BCUT2D eigenvalue weighted by Gasteiger charge is -2.27. The Hall–Kier alpha value is -1.59. The van der Waals surface area contributed by atoms with Crippen LogP contribution in [0.15, 0.2) is 18.2 Å². The summed E-state index contributed by atoms with van der Waals surface area (Å²) in [6.45, 7) is 1.84. The molecule has 0 aromatic heterocycles. The fourth-order valence-corrected chi connectivity index (χ4v) is 2.77. The van der Waals surface area contributed by atoms with Crippen molar-refractivity contribution in [3.05, 3.63) is 28.8 Å². The summed E-state index contributed by atoms with van der Waals surface area (Å²) in [7, 11) is 0. The molecular weight excluding hydrogens is 280 g/mol. The maximum atomic E-state index is 12.4. The van der Waals surface area contributed by atoms with E-state index in [9.17, 15) is 9.59 Å². The number of carboxylic acid groups (broad SMARTS) is 1. The number of carboxylic acids is 1. The third-order valence-corrected chi connectivity index (χ3v) is 4.17. The number of hydrogen-bond acceptors (Lipinski definition) is 3. The zero-order chi connectivity index (χ0) is 14.9. The zero-order valence-corrected chi connectivity index (χ0v) is 11.9. The van der Waals surface area contributed by atoms with Gasteiger partial charge < -0.3 is 16.2 Å². The number of rotatable bonds is 3. The molecule has 1 aliphatic carbocycles. The van der Waals surface area contributed by atoms with Gasteiger partial charge in [-0.1, -0.05) is 18.0 Å². The highest BCUT2D eigenvalue weighted by Crippen LogP contribution is 2.37. The Labute approximate surface area is 122 Å². The molecule has 0 spiro atoms. The number of carbonyl (C=O) groups is 2. The van der Waals surface area contributed by atoms with Crippen LogP contribution in [0.5, 0.6) is 0 Å². The Bertz CT molecular complexity index is 561. The molecule has 2 atom stereocenters. The average molecular weight is 297 g/mol. The van der Waals surface area contributed by atoms with E-state index in [2.05, 4.69) is 5.32 Å². The minimum Gasteiger partial charge on any atom is -0.478 e. The molecule has 1 fully saturated rings. The van der Waals surface area contributed by atoms with Gasteiger partial charge in [-0.05, 0) is 38.0 Å². The summed E-state index contributed by atoms with van der Waals surface area (Å²) in [5, 5.41) is 12.0. The molecule has 2 rings (SSSR count). The number of aromatic carboxylic acids is 1. The van der Waals surface area contributed by atoms with E-state index in [1.54, 1.807) is 0 Å². The second-order valence-electron chi connectivity index (χ2n) is 5.40. The van der Waals surface area contributed by atoms with Gasteiger partial charge in [0.15, 0.2) is 0 Å². The van der Waals surface area contributed by atoms with Crippen molar-refractivity contribution in [1.82, 2.24) is 0 Å². The number of nitrogens with two attached hydrogens (primary N) is 1. The van der Waals surface area contributed by atoms with E-state index >= 15 is 0 Å². The summed E-state index contributed by atoms with van der Waals surface area (Å²) >= 11 is 5.86. The van der Waals surface area contributed by atoms with Crippen LogP contribution in [0.25, 0.3) is 0 Å². The van der Waals surface area contributed by atoms with E-state index in [1.165, 1.54) is 18.2 Å². The summed E-state index contributed by atoms with van der Waals surface area (Å²) in [6.07, 6.45) is 2.47. The van der Waals surface area contributed by atoms with Gasteiger partial charge in [0, 0.05) is 16.8 Å². The summed E-state index contributed by atoms with van der Waals surface area (Å²) in [5.41, 5.74) is 5.79. The molecule has 0 bridgehead atoms. The van der Waals surface area contributed by atoms with Gasteiger partial charge in [0.1, 0.15) is 0 Å². The number of halogens is 1. The van der Waals surface area contributed by atoms with Crippen molar-refractivity contribution >= 4 is 29.2 Å². The molecule has 1 aromatic carbocycles. The number of benzene rings is 1. The Morgan fingerprint density at radius 1 is 1.45 bits per heavy atom. The Kier molecular flexibility index (Phi) is 4.01. The molecule has 4 N–H and O–H groups in total. The van der Waals surface area contributed by atoms with Gasteiger partial charge in [0.25, 0.3) is 0 Å². The molecule has 2 unspecified atom stereocenters. The van der Waals surface area contributed by atoms with Crippen LogP contribution in [-0.4, -0.2) is 23.0 Å². The maximum absolute atomic E-state index is 12.4. The van der Waals surface area contributed by atoms with Gasteiger partial charge >= 0.3 is 5.97 Å². The largest absolute Gasteiger partial charge is 0.478 e. The monoisotopic (exact) mass is 296 g/mol. The summed E-state index contributed by atoms with van der Waals surface area (Å²) in [6, 6.07) is 4.06. The Balaban J connectivity index is 2.22. The summed E-state index contributed by atoms with van der Waals surface area (Å²) in [4.78, 5) is 23.3. The summed E-state index contributed by atoms with van der Waals surface area (Å²) < 4.78 is 0. The highest BCUT2D eigenvalue weighted by molar-refractivity contribution is 6.31. The predicted octanol–water partition coefficient (Wildman–Crippen LogP) is 2.49. The normalized spacial score (nSPS) is 25.4. The fraction of sp³-hybridized carbons (Fsp3) is 0.429. The number of anilines is 1. The van der Waals surface area contributed by atoms with Crippen molar-refractivity contribution in [1.29, 1.82) is 0 Å². The Morgan fingerprint density at radius 2 is 2.15 bits per heavy atom. The molecule has 1 aliphatic rings. The minimum atomic E-state index is -1.09. The van der Waals surface area contributed by atoms with Gasteiger partial charge in [-0.15, -0.1) is 0 Å². The Morgan fingerprint density at radius 3 is 2.70 bits per heavy atom. The van der Waals surface area contributed by atoms with Crippen LogP contribution in [0.3, 0.4) is 0 Å². The van der Waals surface area contributed by atoms with E-state index in [-0.39, 0.29) is 22.5 Å². The second kappa shape index (κ2) is 5.42. The molecule has 1 amide bonds. The van der Waals surface area contributed by atoms with Gasteiger partial charge in [-0.3, -0.25) is 4.79 Å². The van der Waals surface area contributed by atoms with Crippen molar-refractivity contribution in [2.45, 2.75) is 32.2 Å². The smallest absolute Gasteiger partial charge is 0.335 e. The quantitative estimate of drug-likeness (QED) is 0.799. The van der Waals surface area contributed by atoms with E-state index in [0.29, 0.717) is 5.69 Å². The van der Waals surface area contributed by atoms with Crippen LogP contribution in [0.1, 0.15) is 36.5 Å². The van der Waals surface area contributed by atoms with Gasteiger partial charge in [0.05, 0.1) is 11.0 Å². The lowest BCUT2D eigenvalue weighted by molar-refractivity contribution is -0.125. The van der Waals surface area contributed by atoms with Crippen molar-refractivity contribution in [2.75, 3.05) is 5.32 Å². The van der Waals surface area contributed by atoms with E-state index in [0.717, 1.165) is 19.3 Å². The highest BCUT2D eigenvalue weighted by atomic mass is 35.5. The molecule has 0 radical (unpaired) electrons. The third kappa shape index (κ3) is 2.78. The molecule has 6 heteroatoms. The topological polar surface area (TPSA) is 92.4 Å². The van der Waals surface area contributed by atoms with E-state index < -0.39 is 11.4 Å². The molecule has 108 valence electrons. The minimum absolute atomic E-state index is 0.0358. The molecule has 1 aromatic rings. The first-order chi connectivity index (χ1) is 9.33. The van der Waals surface area contributed by atoms with Crippen LogP contribution in [0.4, 0.5) is 5.69 Å². The molecule has 20 heavy (non-hydrogen) atoms. The first kappa shape index (κ1) is 14.8. The summed E-state index contributed by atoms with van der Waals surface area (Å²) in [5.74, 6) is -1.28. The van der Waals surface area contributed by atoms with E-state index in [4.69, 9.17) is 22.4 Å². The van der Waals surface area contributed by atoms with Crippen LogP contribution >= 0.6 is 11.6 Å². The lowest BCUT2D eigenvalue weighted by atomic mass is 9.84. The van der Waals surface area contributed by atoms with Crippen LogP contribution in [0, 0.1) is 5.41 Å². The predicted molar refractivity (Wildman–Crippen MR) is 77.0 cm³/mol. The maximum Gasteiger partial charge on any atom is 0.335 e. The van der Waals surface area contributed by atoms with Crippen molar-refractivity contribution in [3.8, 4) is 0 Å². The van der Waals surface area contributed by atoms with Gasteiger partial charge in [-0.25, -0.2) is 4.79 Å².